The lowest BCUT2D eigenvalue weighted by molar-refractivity contribution is -0.164. The number of piperazine rings is 1. The van der Waals surface area contributed by atoms with Gasteiger partial charge in [0.2, 0.25) is 11.8 Å². The minimum absolute atomic E-state index is 0.0812. The highest BCUT2D eigenvalue weighted by atomic mass is 35.5. The smallest absolute Gasteiger partial charge is 0.272 e. The number of hydrogen-bond acceptors (Lipinski definition) is 12. The number of anilines is 2. The number of amides is 5. The first kappa shape index (κ1) is 38.3. The third-order valence-electron chi connectivity index (χ3n) is 12.3. The Kier molecular flexibility index (Phi) is 9.68. The van der Waals surface area contributed by atoms with Gasteiger partial charge in [-0.1, -0.05) is 39.3 Å². The summed E-state index contributed by atoms with van der Waals surface area (Å²) in [6.07, 6.45) is -0.0145. The summed E-state index contributed by atoms with van der Waals surface area (Å²) >= 11 is 6.23. The molecule has 5 aliphatic rings. The van der Waals surface area contributed by atoms with Crippen molar-refractivity contribution in [2.24, 2.45) is 16.7 Å². The second-order valence-corrected chi connectivity index (χ2v) is 17.2. The van der Waals surface area contributed by atoms with Crippen molar-refractivity contribution in [3.63, 3.8) is 0 Å². The minimum Gasteiger partial charge on any atom is -0.489 e. The normalized spacial score (nSPS) is 24.3. The summed E-state index contributed by atoms with van der Waals surface area (Å²) < 4.78 is 6.34. The first-order chi connectivity index (χ1) is 27.1. The number of piperidine rings is 1. The van der Waals surface area contributed by atoms with E-state index < -0.39 is 40.5 Å². The van der Waals surface area contributed by atoms with Crippen LogP contribution in [0.3, 0.4) is 0 Å². The lowest BCUT2D eigenvalue weighted by atomic mass is 9.49. The number of carbonyl (C=O) groups is 5. The zero-order valence-electron chi connectivity index (χ0n) is 32.3. The molecule has 1 unspecified atom stereocenters. The van der Waals surface area contributed by atoms with Crippen molar-refractivity contribution < 1.29 is 28.7 Å². The molecular weight excluding hydrogens is 750 g/mol. The molecule has 15 nitrogen and oxygen atoms in total. The van der Waals surface area contributed by atoms with E-state index in [2.05, 4.69) is 69.3 Å². The first-order valence-electron chi connectivity index (χ1n) is 19.2. The molecule has 4 fully saturated rings. The van der Waals surface area contributed by atoms with Crippen LogP contribution >= 0.6 is 11.6 Å². The highest BCUT2D eigenvalue weighted by Gasteiger charge is 2.64. The maximum absolute atomic E-state index is 13.3. The zero-order valence-corrected chi connectivity index (χ0v) is 33.0. The van der Waals surface area contributed by atoms with Gasteiger partial charge >= 0.3 is 0 Å². The van der Waals surface area contributed by atoms with Gasteiger partial charge in [0.1, 0.15) is 24.0 Å². The quantitative estimate of drug-likeness (QED) is 0.303. The van der Waals surface area contributed by atoms with E-state index >= 15 is 0 Å². The van der Waals surface area contributed by atoms with Gasteiger partial charge in [0.05, 0.1) is 21.7 Å². The summed E-state index contributed by atoms with van der Waals surface area (Å²) in [6, 6.07) is 14.7. The zero-order chi connectivity index (χ0) is 40.4. The number of nitriles is 1. The summed E-state index contributed by atoms with van der Waals surface area (Å²) in [5.74, 6) is -0.565. The van der Waals surface area contributed by atoms with Crippen molar-refractivity contribution in [3.05, 3.63) is 75.9 Å². The molecule has 57 heavy (non-hydrogen) atoms. The molecule has 5 amide bonds. The second-order valence-electron chi connectivity index (χ2n) is 16.8. The molecule has 0 bridgehead atoms. The molecule has 5 heterocycles. The largest absolute Gasteiger partial charge is 0.489 e. The van der Waals surface area contributed by atoms with Crippen LogP contribution < -0.4 is 25.2 Å². The number of fused-ring (bicyclic) bond motifs is 1. The fourth-order valence-electron chi connectivity index (χ4n) is 9.50. The number of benzene rings is 2. The number of ether oxygens (including phenoxy) is 1. The highest BCUT2D eigenvalue weighted by molar-refractivity contribution is 6.31. The molecule has 1 saturated carbocycles. The van der Waals surface area contributed by atoms with Crippen LogP contribution in [0.2, 0.25) is 5.02 Å². The molecule has 4 aliphatic heterocycles. The SMILES string of the molecule is CC1(C)C(NC(=O)c2ccc(N3CC(CN4CCN(c5ccc6c(c5)C(=O)N(C5CCC(=O)NC5=O)C6=O)CC4)C3)nn2)C(C)(C)C1Oc1ccc(C#N)c(Cl)c1. The Labute approximate surface area is 335 Å². The highest BCUT2D eigenvalue weighted by Crippen LogP contribution is 2.55. The third kappa shape index (κ3) is 6.84. The average molecular weight is 794 g/mol. The van der Waals surface area contributed by atoms with Crippen LogP contribution in [0.25, 0.3) is 0 Å². The van der Waals surface area contributed by atoms with E-state index in [-0.39, 0.29) is 47.7 Å². The number of aromatic nitrogens is 2. The van der Waals surface area contributed by atoms with Gasteiger partial charge in [-0.3, -0.25) is 39.1 Å². The number of nitrogens with one attached hydrogen (secondary N) is 2. The summed E-state index contributed by atoms with van der Waals surface area (Å²) in [4.78, 5) is 71.6. The van der Waals surface area contributed by atoms with E-state index in [1.807, 2.05) is 12.1 Å². The number of rotatable bonds is 9. The number of nitrogens with zero attached hydrogens (tertiary/aromatic N) is 7. The molecule has 16 heteroatoms. The van der Waals surface area contributed by atoms with Gasteiger partial charge in [-0.05, 0) is 48.9 Å². The molecule has 2 aromatic carbocycles. The molecule has 1 aliphatic carbocycles. The maximum atomic E-state index is 13.3. The molecule has 3 aromatic rings. The Bertz CT molecular complexity index is 2190. The van der Waals surface area contributed by atoms with E-state index in [4.69, 9.17) is 16.3 Å². The summed E-state index contributed by atoms with van der Waals surface area (Å²) in [5, 5.41) is 23.6. The van der Waals surface area contributed by atoms with Crippen LogP contribution in [0.1, 0.15) is 77.3 Å². The lowest BCUT2D eigenvalue weighted by Gasteiger charge is -2.63. The summed E-state index contributed by atoms with van der Waals surface area (Å²) in [6.45, 7) is 14.0. The number of halogens is 1. The Hall–Kier alpha value is -5.59. The van der Waals surface area contributed by atoms with E-state index in [1.165, 1.54) is 0 Å². The van der Waals surface area contributed by atoms with Gasteiger partial charge in [0, 0.05) is 86.8 Å². The summed E-state index contributed by atoms with van der Waals surface area (Å²) in [5.41, 5.74) is 1.24. The van der Waals surface area contributed by atoms with Crippen molar-refractivity contribution in [2.75, 3.05) is 55.6 Å². The predicted octanol–water partition coefficient (Wildman–Crippen LogP) is 3.27. The van der Waals surface area contributed by atoms with Crippen molar-refractivity contribution >= 4 is 52.6 Å². The molecule has 3 saturated heterocycles. The van der Waals surface area contributed by atoms with Gasteiger partial charge in [-0.25, -0.2) is 0 Å². The van der Waals surface area contributed by atoms with Gasteiger partial charge < -0.3 is 19.9 Å². The molecule has 0 radical (unpaired) electrons. The number of hydrogen-bond donors (Lipinski definition) is 2. The number of imide groups is 2. The fourth-order valence-corrected chi connectivity index (χ4v) is 9.71. The van der Waals surface area contributed by atoms with E-state index in [0.29, 0.717) is 22.3 Å². The van der Waals surface area contributed by atoms with Gasteiger partial charge in [0.15, 0.2) is 11.5 Å². The van der Waals surface area contributed by atoms with Crippen LogP contribution in [0, 0.1) is 28.1 Å². The van der Waals surface area contributed by atoms with E-state index in [1.54, 1.807) is 36.4 Å². The minimum atomic E-state index is -0.986. The van der Waals surface area contributed by atoms with Crippen molar-refractivity contribution in [1.82, 2.24) is 30.6 Å². The Morgan fingerprint density at radius 3 is 2.30 bits per heavy atom. The number of carbonyl (C=O) groups excluding carboxylic acids is 5. The fraction of sp³-hybridized carbons (Fsp3) is 0.463. The van der Waals surface area contributed by atoms with Gasteiger partial charge in [-0.2, -0.15) is 5.26 Å². The predicted molar refractivity (Wildman–Crippen MR) is 209 cm³/mol. The molecule has 296 valence electrons. The molecule has 2 N–H and O–H groups in total. The van der Waals surface area contributed by atoms with Crippen LogP contribution in [0.15, 0.2) is 48.5 Å². The van der Waals surface area contributed by atoms with Crippen LogP contribution in [-0.2, 0) is 9.59 Å². The first-order valence-corrected chi connectivity index (χ1v) is 19.6. The molecule has 1 aromatic heterocycles. The molecule has 0 spiro atoms. The standard InChI is InChI=1S/C41H44ClN9O6/c1-40(2)38(41(3,4)39(40)57-26-7-5-24(19-43)29(42)18-26)45-34(53)30-9-11-32(47-46-30)50-21-23(22-50)20-48-13-15-49(16-14-48)25-6-8-27-28(17-25)37(56)51(36(27)55)31-10-12-33(52)44-35(31)54/h5-9,11,17-18,23,31,38-39H,10,12-16,20-22H2,1-4H3,(H,45,53)(H,44,52,54). The van der Waals surface area contributed by atoms with Crippen LogP contribution in [-0.4, -0.2) is 114 Å². The monoisotopic (exact) mass is 793 g/mol. The molecular formula is C41H44ClN9O6. The van der Waals surface area contributed by atoms with Crippen molar-refractivity contribution in [1.29, 1.82) is 5.26 Å². The van der Waals surface area contributed by atoms with Gasteiger partial charge in [0.25, 0.3) is 17.7 Å². The van der Waals surface area contributed by atoms with Crippen LogP contribution in [0.5, 0.6) is 5.75 Å². The second kappa shape index (κ2) is 14.4. The van der Waals surface area contributed by atoms with Gasteiger partial charge in [-0.15, -0.1) is 10.2 Å². The summed E-state index contributed by atoms with van der Waals surface area (Å²) in [7, 11) is 0. The van der Waals surface area contributed by atoms with E-state index in [9.17, 15) is 29.2 Å². The lowest BCUT2D eigenvalue weighted by Crippen LogP contribution is -2.74. The Balaban J connectivity index is 0.793. The molecule has 1 atom stereocenters. The van der Waals surface area contributed by atoms with Crippen LogP contribution in [0.4, 0.5) is 11.5 Å². The van der Waals surface area contributed by atoms with Crippen molar-refractivity contribution in [3.8, 4) is 11.8 Å². The maximum Gasteiger partial charge on any atom is 0.272 e. The van der Waals surface area contributed by atoms with Crippen molar-refractivity contribution in [2.45, 2.75) is 58.7 Å². The van der Waals surface area contributed by atoms with E-state index in [0.717, 1.165) is 62.2 Å². The Morgan fingerprint density at radius 1 is 0.930 bits per heavy atom. The average Bonchev–Trinajstić information content (AvgIpc) is 3.42. The third-order valence-corrected chi connectivity index (χ3v) is 12.6. The molecule has 8 rings (SSSR count). The Morgan fingerprint density at radius 2 is 1.65 bits per heavy atom. The topological polar surface area (TPSA) is 181 Å².